The minimum Gasteiger partial charge on any atom is -0.347 e. The van der Waals surface area contributed by atoms with Gasteiger partial charge in [0.15, 0.2) is 0 Å². The first kappa shape index (κ1) is 13.1. The molecule has 0 unspecified atom stereocenters. The maximum Gasteiger partial charge on any atom is 0.287 e. The van der Waals surface area contributed by atoms with Crippen molar-refractivity contribution in [2.75, 3.05) is 0 Å². The molecule has 0 atom stereocenters. The molecule has 0 radical (unpaired) electrons. The van der Waals surface area contributed by atoms with Gasteiger partial charge in [0.2, 0.25) is 5.78 Å². The second-order valence-corrected chi connectivity index (χ2v) is 3.86. The van der Waals surface area contributed by atoms with Gasteiger partial charge in [-0.25, -0.2) is 0 Å². The van der Waals surface area contributed by atoms with E-state index in [1.54, 1.807) is 0 Å². The van der Waals surface area contributed by atoms with Crippen LogP contribution in [0.4, 0.5) is 0 Å². The molecule has 14 heavy (non-hydrogen) atoms. The Morgan fingerprint density at radius 2 is 1.79 bits per heavy atom. The lowest BCUT2D eigenvalue weighted by Gasteiger charge is -2.06. The number of Topliss-reactive ketones (excluding diaryl/α,β-unsaturated/α-hetero) is 1. The molecule has 1 amide bonds. The van der Waals surface area contributed by atoms with Crippen molar-refractivity contribution in [3.8, 4) is 0 Å². The lowest BCUT2D eigenvalue weighted by Crippen LogP contribution is -2.35. The van der Waals surface area contributed by atoms with E-state index in [1.165, 1.54) is 0 Å². The van der Waals surface area contributed by atoms with Gasteiger partial charge in [-0.3, -0.25) is 9.59 Å². The molecule has 0 aromatic carbocycles. The van der Waals surface area contributed by atoms with Gasteiger partial charge in [0.1, 0.15) is 0 Å². The zero-order chi connectivity index (χ0) is 11.0. The summed E-state index contributed by atoms with van der Waals surface area (Å²) in [5.74, 6) is -0.716. The quantitative estimate of drug-likeness (QED) is 0.504. The summed E-state index contributed by atoms with van der Waals surface area (Å²) >= 11 is 0. The minimum atomic E-state index is -0.434. The first-order valence-electron chi connectivity index (χ1n) is 5.41. The highest BCUT2D eigenvalue weighted by Crippen LogP contribution is 2.02. The Hall–Kier alpha value is -0.860. The lowest BCUT2D eigenvalue weighted by molar-refractivity contribution is -0.138. The average molecular weight is 199 g/mol. The van der Waals surface area contributed by atoms with Gasteiger partial charge in [-0.15, -0.1) is 0 Å². The van der Waals surface area contributed by atoms with Gasteiger partial charge < -0.3 is 5.32 Å². The topological polar surface area (TPSA) is 46.2 Å². The Kier molecular flexibility index (Phi) is 7.07. The molecule has 82 valence electrons. The molecule has 0 saturated carbocycles. The molecule has 0 heterocycles. The Morgan fingerprint density at radius 1 is 1.14 bits per heavy atom. The molecule has 3 nitrogen and oxygen atoms in total. The maximum absolute atomic E-state index is 11.2. The van der Waals surface area contributed by atoms with Crippen LogP contribution in [0, 0.1) is 0 Å². The zero-order valence-electron chi connectivity index (χ0n) is 9.43. The van der Waals surface area contributed by atoms with E-state index in [0.29, 0.717) is 6.42 Å². The SMILES string of the molecule is CCCCCCC(=O)C(=O)NC(C)C. The van der Waals surface area contributed by atoms with Gasteiger partial charge in [0, 0.05) is 12.5 Å². The summed E-state index contributed by atoms with van der Waals surface area (Å²) in [6, 6.07) is 0.0436. The van der Waals surface area contributed by atoms with Crippen LogP contribution in [0.3, 0.4) is 0 Å². The van der Waals surface area contributed by atoms with Crippen molar-refractivity contribution in [3.63, 3.8) is 0 Å². The van der Waals surface area contributed by atoms with Gasteiger partial charge in [0.05, 0.1) is 0 Å². The van der Waals surface area contributed by atoms with Crippen molar-refractivity contribution in [2.24, 2.45) is 0 Å². The standard InChI is InChI=1S/C11H21NO2/c1-4-5-6-7-8-10(13)11(14)12-9(2)3/h9H,4-8H2,1-3H3,(H,12,14). The van der Waals surface area contributed by atoms with Gasteiger partial charge in [-0.2, -0.15) is 0 Å². The molecule has 0 aliphatic heterocycles. The average Bonchev–Trinajstić information content (AvgIpc) is 2.11. The predicted octanol–water partition coefficient (Wildman–Crippen LogP) is 2.05. The Bertz CT molecular complexity index is 188. The van der Waals surface area contributed by atoms with Gasteiger partial charge in [-0.05, 0) is 20.3 Å². The van der Waals surface area contributed by atoms with E-state index in [2.05, 4.69) is 12.2 Å². The molecule has 0 spiro atoms. The highest BCUT2D eigenvalue weighted by molar-refractivity contribution is 6.36. The van der Waals surface area contributed by atoms with Crippen molar-refractivity contribution in [3.05, 3.63) is 0 Å². The molecule has 0 aliphatic carbocycles. The third-order valence-electron chi connectivity index (χ3n) is 1.93. The van der Waals surface area contributed by atoms with Crippen molar-refractivity contribution in [1.29, 1.82) is 0 Å². The van der Waals surface area contributed by atoms with Crippen LogP contribution < -0.4 is 5.32 Å². The van der Waals surface area contributed by atoms with E-state index < -0.39 is 5.91 Å². The van der Waals surface area contributed by atoms with Gasteiger partial charge in [-0.1, -0.05) is 26.2 Å². The van der Waals surface area contributed by atoms with Crippen LogP contribution in [0.25, 0.3) is 0 Å². The van der Waals surface area contributed by atoms with E-state index in [0.717, 1.165) is 25.7 Å². The van der Waals surface area contributed by atoms with Crippen LogP contribution in [0.1, 0.15) is 52.9 Å². The maximum atomic E-state index is 11.2. The van der Waals surface area contributed by atoms with Crippen molar-refractivity contribution >= 4 is 11.7 Å². The third kappa shape index (κ3) is 6.63. The summed E-state index contributed by atoms with van der Waals surface area (Å²) in [4.78, 5) is 22.4. The van der Waals surface area contributed by atoms with Crippen LogP contribution in [-0.2, 0) is 9.59 Å². The van der Waals surface area contributed by atoms with Crippen molar-refractivity contribution < 1.29 is 9.59 Å². The fourth-order valence-electron chi connectivity index (χ4n) is 1.17. The molecule has 0 rings (SSSR count). The molecule has 0 saturated heterocycles. The first-order chi connectivity index (χ1) is 6.57. The number of hydrogen-bond donors (Lipinski definition) is 1. The molecule has 3 heteroatoms. The fraction of sp³-hybridized carbons (Fsp3) is 0.818. The van der Waals surface area contributed by atoms with Crippen LogP contribution in [-0.4, -0.2) is 17.7 Å². The largest absolute Gasteiger partial charge is 0.347 e. The molecule has 0 bridgehead atoms. The molecule has 0 aromatic rings. The normalized spacial score (nSPS) is 10.3. The number of amides is 1. The summed E-state index contributed by atoms with van der Waals surface area (Å²) in [6.45, 7) is 5.82. The van der Waals surface area contributed by atoms with Crippen LogP contribution in [0.15, 0.2) is 0 Å². The molecule has 0 aliphatic rings. The predicted molar refractivity (Wildman–Crippen MR) is 57.0 cm³/mol. The number of nitrogens with one attached hydrogen (secondary N) is 1. The number of unbranched alkanes of at least 4 members (excludes halogenated alkanes) is 3. The van der Waals surface area contributed by atoms with E-state index in [9.17, 15) is 9.59 Å². The number of hydrogen-bond acceptors (Lipinski definition) is 2. The lowest BCUT2D eigenvalue weighted by atomic mass is 10.1. The number of carbonyl (C=O) groups excluding carboxylic acids is 2. The van der Waals surface area contributed by atoms with E-state index >= 15 is 0 Å². The Labute approximate surface area is 86.3 Å². The van der Waals surface area contributed by atoms with Gasteiger partial charge in [0.25, 0.3) is 5.91 Å². The second kappa shape index (κ2) is 7.54. The second-order valence-electron chi connectivity index (χ2n) is 3.86. The Balaban J connectivity index is 3.58. The smallest absolute Gasteiger partial charge is 0.287 e. The minimum absolute atomic E-state index is 0.0436. The van der Waals surface area contributed by atoms with Crippen molar-refractivity contribution in [1.82, 2.24) is 5.32 Å². The molecular weight excluding hydrogens is 178 g/mol. The highest BCUT2D eigenvalue weighted by Gasteiger charge is 2.13. The summed E-state index contributed by atoms with van der Waals surface area (Å²) in [5.41, 5.74) is 0. The summed E-state index contributed by atoms with van der Waals surface area (Å²) in [7, 11) is 0. The molecular formula is C11H21NO2. The first-order valence-corrected chi connectivity index (χ1v) is 5.41. The summed E-state index contributed by atoms with van der Waals surface area (Å²) < 4.78 is 0. The van der Waals surface area contributed by atoms with Crippen molar-refractivity contribution in [2.45, 2.75) is 58.9 Å². The molecule has 0 fully saturated rings. The summed E-state index contributed by atoms with van der Waals surface area (Å²) in [5, 5.41) is 2.59. The van der Waals surface area contributed by atoms with E-state index in [-0.39, 0.29) is 11.8 Å². The molecule has 0 aromatic heterocycles. The van der Waals surface area contributed by atoms with Crippen LogP contribution >= 0.6 is 0 Å². The van der Waals surface area contributed by atoms with E-state index in [4.69, 9.17) is 0 Å². The van der Waals surface area contributed by atoms with Crippen LogP contribution in [0.5, 0.6) is 0 Å². The monoisotopic (exact) mass is 199 g/mol. The van der Waals surface area contributed by atoms with E-state index in [1.807, 2.05) is 13.8 Å². The highest BCUT2D eigenvalue weighted by atomic mass is 16.2. The Morgan fingerprint density at radius 3 is 2.29 bits per heavy atom. The third-order valence-corrected chi connectivity index (χ3v) is 1.93. The summed E-state index contributed by atoms with van der Waals surface area (Å²) in [6.07, 6.45) is 4.54. The van der Waals surface area contributed by atoms with Gasteiger partial charge >= 0.3 is 0 Å². The number of carbonyl (C=O) groups is 2. The fourth-order valence-corrected chi connectivity index (χ4v) is 1.17. The number of rotatable bonds is 7. The number of ketones is 1. The molecule has 1 N–H and O–H groups in total. The zero-order valence-corrected chi connectivity index (χ0v) is 9.43. The van der Waals surface area contributed by atoms with Crippen LogP contribution in [0.2, 0.25) is 0 Å².